The number of fused-ring (bicyclic) bond motifs is 2. The number of rotatable bonds is 3. The van der Waals surface area contributed by atoms with Crippen LogP contribution in [0.4, 0.5) is 11.4 Å². The van der Waals surface area contributed by atoms with Crippen molar-refractivity contribution in [3.05, 3.63) is 72.0 Å². The second kappa shape index (κ2) is 5.89. The molecule has 0 spiro atoms. The van der Waals surface area contributed by atoms with Crippen molar-refractivity contribution in [1.82, 2.24) is 19.9 Å². The molecule has 0 aliphatic rings. The monoisotopic (exact) mass is 359 g/mol. The number of imidazole rings is 2. The fraction of sp³-hybridized carbons (Fsp3) is 0. The van der Waals surface area contributed by atoms with Crippen LogP contribution >= 0.6 is 11.6 Å². The van der Waals surface area contributed by atoms with Crippen LogP contribution in [0.15, 0.2) is 67.0 Å². The van der Waals surface area contributed by atoms with Crippen molar-refractivity contribution >= 4 is 45.0 Å². The zero-order valence-corrected chi connectivity index (χ0v) is 14.4. The van der Waals surface area contributed by atoms with Crippen molar-refractivity contribution in [3.63, 3.8) is 0 Å². The number of halogens is 1. The van der Waals surface area contributed by atoms with Crippen LogP contribution in [0.3, 0.4) is 0 Å². The lowest BCUT2D eigenvalue weighted by Crippen LogP contribution is -1.94. The second-order valence-electron chi connectivity index (χ2n) is 6.05. The molecule has 0 aliphatic heterocycles. The number of nitrogens with one attached hydrogen (secondary N) is 3. The van der Waals surface area contributed by atoms with E-state index in [-0.39, 0.29) is 0 Å². The van der Waals surface area contributed by atoms with Gasteiger partial charge in [-0.3, -0.25) is 0 Å². The lowest BCUT2D eigenvalue weighted by Gasteiger charge is -2.10. The minimum absolute atomic E-state index is 0.687. The maximum Gasteiger partial charge on any atom is 0.140 e. The molecule has 126 valence electrons. The van der Waals surface area contributed by atoms with Crippen LogP contribution in [0.2, 0.25) is 5.02 Å². The Morgan fingerprint density at radius 3 is 2.73 bits per heavy atom. The molecule has 0 aliphatic carbocycles. The molecule has 0 radical (unpaired) electrons. The Balaban J connectivity index is 1.57. The van der Waals surface area contributed by atoms with Gasteiger partial charge in [-0.05, 0) is 48.5 Å². The number of hydrogen-bond acceptors (Lipinski definition) is 3. The van der Waals surface area contributed by atoms with Crippen LogP contribution in [0.25, 0.3) is 33.5 Å². The molecule has 2 heterocycles. The molecule has 0 unspecified atom stereocenters. The molecule has 6 heteroatoms. The van der Waals surface area contributed by atoms with Gasteiger partial charge in [0.1, 0.15) is 5.82 Å². The molecule has 0 saturated carbocycles. The molecule has 0 fully saturated rings. The first kappa shape index (κ1) is 15.0. The maximum atomic E-state index is 6.08. The van der Waals surface area contributed by atoms with E-state index in [2.05, 4.69) is 20.3 Å². The largest absolute Gasteiger partial charge is 0.355 e. The van der Waals surface area contributed by atoms with Gasteiger partial charge in [-0.2, -0.15) is 0 Å². The Bertz CT molecular complexity index is 1240. The van der Waals surface area contributed by atoms with Gasteiger partial charge >= 0.3 is 0 Å². The van der Waals surface area contributed by atoms with Crippen molar-refractivity contribution < 1.29 is 0 Å². The summed E-state index contributed by atoms with van der Waals surface area (Å²) in [7, 11) is 0. The smallest absolute Gasteiger partial charge is 0.140 e. The molecule has 0 amide bonds. The number of hydrogen-bond donors (Lipinski definition) is 3. The van der Waals surface area contributed by atoms with Gasteiger partial charge < -0.3 is 15.3 Å². The average molecular weight is 360 g/mol. The molecular formula is C20H14ClN5. The SMILES string of the molecule is Clc1ccc2nc(-c3ccccc3Nc3ccc4nc[nH]c4c3)[nH]c2c1. The van der Waals surface area contributed by atoms with Gasteiger partial charge in [0.05, 0.1) is 28.4 Å². The molecule has 5 rings (SSSR count). The molecule has 3 aromatic carbocycles. The minimum Gasteiger partial charge on any atom is -0.355 e. The number of para-hydroxylation sites is 1. The Morgan fingerprint density at radius 1 is 0.885 bits per heavy atom. The maximum absolute atomic E-state index is 6.08. The Labute approximate surface area is 154 Å². The third kappa shape index (κ3) is 2.59. The van der Waals surface area contributed by atoms with Gasteiger partial charge in [-0.25, -0.2) is 9.97 Å². The van der Waals surface area contributed by atoms with E-state index in [9.17, 15) is 0 Å². The molecule has 0 bridgehead atoms. The highest BCUT2D eigenvalue weighted by Crippen LogP contribution is 2.31. The number of anilines is 2. The number of aromatic amines is 2. The summed E-state index contributed by atoms with van der Waals surface area (Å²) in [5.74, 6) is 0.799. The number of H-pyrrole nitrogens is 2. The lowest BCUT2D eigenvalue weighted by atomic mass is 10.1. The summed E-state index contributed by atoms with van der Waals surface area (Å²) in [4.78, 5) is 15.4. The summed E-state index contributed by atoms with van der Waals surface area (Å²) in [6.45, 7) is 0. The van der Waals surface area contributed by atoms with Crippen LogP contribution in [0.1, 0.15) is 0 Å². The summed E-state index contributed by atoms with van der Waals surface area (Å²) in [6.07, 6.45) is 1.70. The van der Waals surface area contributed by atoms with Gasteiger partial charge in [0.15, 0.2) is 0 Å². The van der Waals surface area contributed by atoms with Crippen molar-refractivity contribution in [3.8, 4) is 11.4 Å². The zero-order valence-electron chi connectivity index (χ0n) is 13.6. The minimum atomic E-state index is 0.687. The quantitative estimate of drug-likeness (QED) is 0.398. The molecule has 0 saturated heterocycles. The Hall–Kier alpha value is -3.31. The highest BCUT2D eigenvalue weighted by molar-refractivity contribution is 6.31. The van der Waals surface area contributed by atoms with Crippen LogP contribution in [0.5, 0.6) is 0 Å². The van der Waals surface area contributed by atoms with Gasteiger partial charge in [-0.15, -0.1) is 0 Å². The molecule has 2 aromatic heterocycles. The van der Waals surface area contributed by atoms with Crippen LogP contribution in [-0.4, -0.2) is 19.9 Å². The highest BCUT2D eigenvalue weighted by Gasteiger charge is 2.10. The van der Waals surface area contributed by atoms with E-state index in [4.69, 9.17) is 16.6 Å². The first-order valence-corrected chi connectivity index (χ1v) is 8.59. The van der Waals surface area contributed by atoms with Gasteiger partial charge in [0, 0.05) is 22.0 Å². The molecule has 3 N–H and O–H groups in total. The second-order valence-corrected chi connectivity index (χ2v) is 6.49. The van der Waals surface area contributed by atoms with Crippen LogP contribution in [-0.2, 0) is 0 Å². The lowest BCUT2D eigenvalue weighted by molar-refractivity contribution is 1.33. The number of nitrogens with zero attached hydrogens (tertiary/aromatic N) is 2. The molecule has 26 heavy (non-hydrogen) atoms. The summed E-state index contributed by atoms with van der Waals surface area (Å²) < 4.78 is 0. The first-order valence-electron chi connectivity index (χ1n) is 8.21. The average Bonchev–Trinajstić information content (AvgIpc) is 3.27. The molecule has 5 nitrogen and oxygen atoms in total. The summed E-state index contributed by atoms with van der Waals surface area (Å²) in [5.41, 5.74) is 6.68. The summed E-state index contributed by atoms with van der Waals surface area (Å²) >= 11 is 6.08. The third-order valence-corrected chi connectivity index (χ3v) is 4.56. The standard InChI is InChI=1S/C20H14ClN5/c21-12-5-7-17-19(9-12)26-20(25-17)14-3-1-2-4-15(14)24-13-6-8-16-18(10-13)23-11-22-16/h1-11,24H,(H,22,23)(H,25,26). The first-order chi connectivity index (χ1) is 12.8. The Morgan fingerprint density at radius 2 is 1.77 bits per heavy atom. The molecular weight excluding hydrogens is 346 g/mol. The highest BCUT2D eigenvalue weighted by atomic mass is 35.5. The van der Waals surface area contributed by atoms with E-state index in [0.717, 1.165) is 44.8 Å². The van der Waals surface area contributed by atoms with Gasteiger partial charge in [0.2, 0.25) is 0 Å². The van der Waals surface area contributed by atoms with E-state index < -0.39 is 0 Å². The van der Waals surface area contributed by atoms with E-state index in [0.29, 0.717) is 5.02 Å². The topological polar surface area (TPSA) is 69.4 Å². The zero-order chi connectivity index (χ0) is 17.5. The van der Waals surface area contributed by atoms with E-state index in [1.165, 1.54) is 0 Å². The van der Waals surface area contributed by atoms with Crippen LogP contribution < -0.4 is 5.32 Å². The fourth-order valence-electron chi connectivity index (χ4n) is 3.08. The van der Waals surface area contributed by atoms with Gasteiger partial charge in [0.25, 0.3) is 0 Å². The van der Waals surface area contributed by atoms with E-state index in [1.54, 1.807) is 6.33 Å². The fourth-order valence-corrected chi connectivity index (χ4v) is 3.25. The normalized spacial score (nSPS) is 11.3. The van der Waals surface area contributed by atoms with Crippen LogP contribution in [0, 0.1) is 0 Å². The molecule has 0 atom stereocenters. The number of aromatic nitrogens is 4. The predicted octanol–water partition coefficient (Wildman–Crippen LogP) is 5.50. The van der Waals surface area contributed by atoms with Gasteiger partial charge in [-0.1, -0.05) is 23.7 Å². The number of benzene rings is 3. The predicted molar refractivity (Wildman–Crippen MR) is 106 cm³/mol. The summed E-state index contributed by atoms with van der Waals surface area (Å²) in [5, 5.41) is 4.16. The van der Waals surface area contributed by atoms with E-state index in [1.807, 2.05) is 60.7 Å². The molecule has 5 aromatic rings. The summed E-state index contributed by atoms with van der Waals surface area (Å²) in [6, 6.07) is 19.8. The van der Waals surface area contributed by atoms with Crippen molar-refractivity contribution in [2.24, 2.45) is 0 Å². The van der Waals surface area contributed by atoms with Crippen molar-refractivity contribution in [2.45, 2.75) is 0 Å². The van der Waals surface area contributed by atoms with E-state index >= 15 is 0 Å². The third-order valence-electron chi connectivity index (χ3n) is 4.33. The van der Waals surface area contributed by atoms with Crippen molar-refractivity contribution in [1.29, 1.82) is 0 Å². The Kier molecular flexibility index (Phi) is 3.40. The van der Waals surface area contributed by atoms with Crippen molar-refractivity contribution in [2.75, 3.05) is 5.32 Å².